The Morgan fingerprint density at radius 1 is 1.03 bits per heavy atom. The Labute approximate surface area is 197 Å². The molecule has 0 fully saturated rings. The van der Waals surface area contributed by atoms with Crippen molar-refractivity contribution >= 4 is 29.0 Å². The number of nitrogens with zero attached hydrogens (tertiary/aromatic N) is 1. The maximum atomic E-state index is 13.7. The van der Waals surface area contributed by atoms with Crippen molar-refractivity contribution in [3.8, 4) is 0 Å². The summed E-state index contributed by atoms with van der Waals surface area (Å²) < 4.78 is 10.4. The third-order valence-corrected chi connectivity index (χ3v) is 6.42. The van der Waals surface area contributed by atoms with Crippen molar-refractivity contribution in [2.24, 2.45) is 0 Å². The molecule has 34 heavy (non-hydrogen) atoms. The number of esters is 1. The lowest BCUT2D eigenvalue weighted by Gasteiger charge is -2.34. The molecule has 0 bridgehead atoms. The van der Waals surface area contributed by atoms with Gasteiger partial charge >= 0.3 is 5.97 Å². The molecule has 2 atom stereocenters. The average Bonchev–Trinajstić information content (AvgIpc) is 3.33. The first-order valence-corrected chi connectivity index (χ1v) is 11.1. The second-order valence-electron chi connectivity index (χ2n) is 8.48. The number of hydrogen-bond acceptors (Lipinski definition) is 6. The highest BCUT2D eigenvalue weighted by Crippen LogP contribution is 2.47. The van der Waals surface area contributed by atoms with Crippen molar-refractivity contribution in [2.75, 3.05) is 17.3 Å². The van der Waals surface area contributed by atoms with Gasteiger partial charge in [-0.05, 0) is 48.4 Å². The third kappa shape index (κ3) is 3.69. The van der Waals surface area contributed by atoms with Gasteiger partial charge in [0.05, 0.1) is 36.4 Å². The van der Waals surface area contributed by atoms with E-state index in [1.807, 2.05) is 36.4 Å². The van der Waals surface area contributed by atoms with Crippen LogP contribution in [-0.4, -0.2) is 24.8 Å². The van der Waals surface area contributed by atoms with Crippen LogP contribution in [0.15, 0.2) is 82.6 Å². The molecule has 5 rings (SSSR count). The third-order valence-electron chi connectivity index (χ3n) is 6.42. The van der Waals surface area contributed by atoms with Crippen LogP contribution >= 0.6 is 0 Å². The number of allylic oxidation sites excluding steroid dienone is 1. The predicted octanol–water partition coefficient (Wildman–Crippen LogP) is 4.99. The van der Waals surface area contributed by atoms with Crippen molar-refractivity contribution in [2.45, 2.75) is 31.7 Å². The maximum Gasteiger partial charge on any atom is 0.337 e. The van der Waals surface area contributed by atoms with Gasteiger partial charge in [-0.1, -0.05) is 24.3 Å². The number of ketones is 1. The van der Waals surface area contributed by atoms with E-state index in [0.29, 0.717) is 23.2 Å². The van der Waals surface area contributed by atoms with Gasteiger partial charge in [-0.25, -0.2) is 4.79 Å². The van der Waals surface area contributed by atoms with E-state index in [0.717, 1.165) is 22.7 Å². The Kier molecular flexibility index (Phi) is 5.53. The lowest BCUT2D eigenvalue weighted by atomic mass is 9.80. The second-order valence-corrected chi connectivity index (χ2v) is 8.48. The van der Waals surface area contributed by atoms with E-state index < -0.39 is 12.0 Å². The molecule has 1 amide bonds. The number of carbonyl (C=O) groups excluding carboxylic acids is 3. The maximum absolute atomic E-state index is 13.7. The number of anilines is 2. The number of amides is 1. The van der Waals surface area contributed by atoms with Crippen LogP contribution in [0.5, 0.6) is 0 Å². The highest BCUT2D eigenvalue weighted by molar-refractivity contribution is 6.06. The molecule has 1 aliphatic carbocycles. The molecule has 7 heteroatoms. The highest BCUT2D eigenvalue weighted by Gasteiger charge is 2.41. The Balaban J connectivity index is 1.68. The van der Waals surface area contributed by atoms with E-state index in [1.165, 1.54) is 14.0 Å². The van der Waals surface area contributed by atoms with Gasteiger partial charge in [0.2, 0.25) is 5.91 Å². The van der Waals surface area contributed by atoms with Gasteiger partial charge < -0.3 is 14.5 Å². The largest absolute Gasteiger partial charge is 0.469 e. The zero-order valence-electron chi connectivity index (χ0n) is 18.9. The molecule has 1 aromatic heterocycles. The van der Waals surface area contributed by atoms with E-state index in [-0.39, 0.29) is 24.0 Å². The Morgan fingerprint density at radius 3 is 2.47 bits per heavy atom. The molecule has 0 saturated carbocycles. The number of rotatable bonds is 3. The van der Waals surface area contributed by atoms with Crippen LogP contribution in [0.1, 0.15) is 53.4 Å². The molecule has 0 spiro atoms. The summed E-state index contributed by atoms with van der Waals surface area (Å²) in [7, 11) is 1.33. The minimum atomic E-state index is -0.639. The molecule has 2 aliphatic rings. The van der Waals surface area contributed by atoms with E-state index in [2.05, 4.69) is 5.32 Å². The van der Waals surface area contributed by atoms with E-state index >= 15 is 0 Å². The molecule has 0 radical (unpaired) electrons. The van der Waals surface area contributed by atoms with Crippen molar-refractivity contribution < 1.29 is 23.5 Å². The fourth-order valence-electron chi connectivity index (χ4n) is 4.90. The number of para-hydroxylation sites is 2. The Morgan fingerprint density at radius 2 is 1.79 bits per heavy atom. The van der Waals surface area contributed by atoms with Crippen molar-refractivity contribution in [3.05, 3.63) is 95.1 Å². The normalized spacial score (nSPS) is 19.6. The van der Waals surface area contributed by atoms with Crippen molar-refractivity contribution in [1.29, 1.82) is 0 Å². The molecule has 172 valence electrons. The quantitative estimate of drug-likeness (QED) is 0.559. The number of carbonyl (C=O) groups is 3. The van der Waals surface area contributed by atoms with Gasteiger partial charge in [-0.2, -0.15) is 0 Å². The number of methoxy groups -OCH3 is 1. The summed E-state index contributed by atoms with van der Waals surface area (Å²) in [4.78, 5) is 40.3. The lowest BCUT2D eigenvalue weighted by Crippen LogP contribution is -2.37. The number of nitrogens with one attached hydrogen (secondary N) is 1. The lowest BCUT2D eigenvalue weighted by molar-refractivity contribution is -0.117. The standard InChI is InChI=1S/C27H24N2O5/c1-16(30)29-22-7-4-3-6-20(22)28-21-14-19(24-8-5-13-34-24)15-23(31)25(21)26(29)17-9-11-18(12-10-17)27(32)33-2/h3-13,19,26,28H,14-15H2,1-2H3/t19-,26-/m1/s1. The van der Waals surface area contributed by atoms with Crippen LogP contribution in [0, 0.1) is 0 Å². The number of hydrogen-bond donors (Lipinski definition) is 1. The summed E-state index contributed by atoms with van der Waals surface area (Å²) in [5.74, 6) is -0.00572. The first-order valence-electron chi connectivity index (χ1n) is 11.1. The molecular formula is C27H24N2O5. The topological polar surface area (TPSA) is 88.8 Å². The van der Waals surface area contributed by atoms with E-state index in [4.69, 9.17) is 9.15 Å². The van der Waals surface area contributed by atoms with Crippen LogP contribution in [0.3, 0.4) is 0 Å². The number of ether oxygens (including phenoxy) is 1. The summed E-state index contributed by atoms with van der Waals surface area (Å²) in [5, 5.41) is 3.46. The summed E-state index contributed by atoms with van der Waals surface area (Å²) in [6.45, 7) is 1.50. The van der Waals surface area contributed by atoms with Gasteiger partial charge in [0.25, 0.3) is 0 Å². The van der Waals surface area contributed by atoms with E-state index in [1.54, 1.807) is 35.4 Å². The molecule has 2 heterocycles. The average molecular weight is 456 g/mol. The van der Waals surface area contributed by atoms with Crippen LogP contribution in [0.4, 0.5) is 11.4 Å². The summed E-state index contributed by atoms with van der Waals surface area (Å²) in [6.07, 6.45) is 2.47. The SMILES string of the molecule is COC(=O)c1ccc([C@@H]2C3=C(C[C@@H](c4ccco4)CC3=O)Nc3ccccc3N2C(C)=O)cc1. The minimum absolute atomic E-state index is 0.0451. The Bertz CT molecular complexity index is 1290. The number of Topliss-reactive ketones (excluding diaryl/α,β-unsaturated/α-hetero) is 1. The van der Waals surface area contributed by atoms with Gasteiger partial charge in [-0.3, -0.25) is 14.5 Å². The summed E-state index contributed by atoms with van der Waals surface area (Å²) in [5.41, 5.74) is 3.91. The summed E-state index contributed by atoms with van der Waals surface area (Å²) >= 11 is 0. The second kappa shape index (κ2) is 8.67. The van der Waals surface area contributed by atoms with Crippen LogP contribution in [0.25, 0.3) is 0 Å². The van der Waals surface area contributed by atoms with Gasteiger partial charge in [-0.15, -0.1) is 0 Å². The molecule has 0 unspecified atom stereocenters. The zero-order chi connectivity index (χ0) is 23.8. The number of furan rings is 1. The summed E-state index contributed by atoms with van der Waals surface area (Å²) in [6, 6.07) is 17.5. The Hall–Kier alpha value is -4.13. The minimum Gasteiger partial charge on any atom is -0.469 e. The smallest absolute Gasteiger partial charge is 0.337 e. The fraction of sp³-hybridized carbons (Fsp3) is 0.222. The van der Waals surface area contributed by atoms with Crippen molar-refractivity contribution in [3.63, 3.8) is 0 Å². The van der Waals surface area contributed by atoms with Crippen molar-refractivity contribution in [1.82, 2.24) is 0 Å². The molecule has 0 saturated heterocycles. The number of benzene rings is 2. The fourth-order valence-corrected chi connectivity index (χ4v) is 4.90. The molecular weight excluding hydrogens is 432 g/mol. The van der Waals surface area contributed by atoms with Crippen LogP contribution in [-0.2, 0) is 14.3 Å². The predicted molar refractivity (Wildman–Crippen MR) is 126 cm³/mol. The highest BCUT2D eigenvalue weighted by atomic mass is 16.5. The van der Waals surface area contributed by atoms with Gasteiger partial charge in [0.15, 0.2) is 5.78 Å². The molecule has 7 nitrogen and oxygen atoms in total. The zero-order valence-corrected chi connectivity index (χ0v) is 18.9. The van der Waals surface area contributed by atoms with Crippen LogP contribution < -0.4 is 10.2 Å². The first kappa shape index (κ1) is 21.7. The molecule has 1 aliphatic heterocycles. The monoisotopic (exact) mass is 456 g/mol. The first-order chi connectivity index (χ1) is 16.5. The van der Waals surface area contributed by atoms with Gasteiger partial charge in [0, 0.05) is 30.5 Å². The van der Waals surface area contributed by atoms with Crippen LogP contribution in [0.2, 0.25) is 0 Å². The molecule has 1 N–H and O–H groups in total. The molecule has 2 aromatic carbocycles. The van der Waals surface area contributed by atoms with Gasteiger partial charge in [0.1, 0.15) is 5.76 Å². The molecule has 3 aromatic rings. The van der Waals surface area contributed by atoms with E-state index in [9.17, 15) is 14.4 Å². The number of fused-ring (bicyclic) bond motifs is 1.